The van der Waals surface area contributed by atoms with Crippen molar-refractivity contribution in [3.8, 4) is 0 Å². The molecule has 2 N–H and O–H groups in total. The lowest BCUT2D eigenvalue weighted by molar-refractivity contribution is -0.115. The van der Waals surface area contributed by atoms with E-state index in [0.29, 0.717) is 16.8 Å². The van der Waals surface area contributed by atoms with Gasteiger partial charge in [0.15, 0.2) is 0 Å². The Kier molecular flexibility index (Phi) is 5.86. The molecule has 0 unspecified atom stereocenters. The van der Waals surface area contributed by atoms with Gasteiger partial charge >= 0.3 is 5.97 Å². The first kappa shape index (κ1) is 18.6. The number of nitrogens with one attached hydrogen (secondary N) is 1. The number of anilines is 1. The van der Waals surface area contributed by atoms with Gasteiger partial charge in [-0.25, -0.2) is 4.79 Å². The lowest BCUT2D eigenvalue weighted by Gasteiger charge is -2.27. The molecule has 140 valence electrons. The summed E-state index contributed by atoms with van der Waals surface area (Å²) < 4.78 is 0. The zero-order valence-electron chi connectivity index (χ0n) is 15.0. The van der Waals surface area contributed by atoms with Crippen molar-refractivity contribution in [2.75, 3.05) is 18.4 Å². The van der Waals surface area contributed by atoms with Gasteiger partial charge < -0.3 is 15.3 Å². The Balaban J connectivity index is 1.68. The predicted octanol–water partition coefficient (Wildman–Crippen LogP) is 3.19. The van der Waals surface area contributed by atoms with Gasteiger partial charge in [-0.15, -0.1) is 0 Å². The maximum absolute atomic E-state index is 12.8. The number of nitrogens with zero attached hydrogens (tertiary/aromatic N) is 1. The number of carboxylic acids is 1. The zero-order valence-corrected chi connectivity index (χ0v) is 15.0. The summed E-state index contributed by atoms with van der Waals surface area (Å²) in [6.07, 6.45) is 3.26. The summed E-state index contributed by atoms with van der Waals surface area (Å²) in [5, 5.41) is 11.7. The van der Waals surface area contributed by atoms with Crippen LogP contribution in [-0.4, -0.2) is 40.9 Å². The lowest BCUT2D eigenvalue weighted by atomic mass is 10.1. The van der Waals surface area contributed by atoms with Crippen LogP contribution in [0.25, 0.3) is 0 Å². The SMILES string of the molecule is O=C(Cc1ccc(C(=O)O)cc1)Nc1ccccc1C(=O)N1CCCCC1. The fraction of sp³-hybridized carbons (Fsp3) is 0.286. The van der Waals surface area contributed by atoms with Crippen molar-refractivity contribution in [2.24, 2.45) is 0 Å². The van der Waals surface area contributed by atoms with Gasteiger partial charge in [0.1, 0.15) is 0 Å². The molecule has 2 amide bonds. The summed E-state index contributed by atoms with van der Waals surface area (Å²) >= 11 is 0. The third-order valence-corrected chi connectivity index (χ3v) is 4.64. The number of benzene rings is 2. The molecule has 1 aliphatic rings. The molecule has 0 aromatic heterocycles. The number of para-hydroxylation sites is 1. The Bertz CT molecular complexity index is 840. The number of aromatic carboxylic acids is 1. The van der Waals surface area contributed by atoms with E-state index in [-0.39, 0.29) is 23.8 Å². The molecule has 0 bridgehead atoms. The van der Waals surface area contributed by atoms with E-state index < -0.39 is 5.97 Å². The minimum atomic E-state index is -1.00. The van der Waals surface area contributed by atoms with Crippen LogP contribution in [0.1, 0.15) is 45.5 Å². The van der Waals surface area contributed by atoms with Crippen LogP contribution in [0.2, 0.25) is 0 Å². The summed E-state index contributed by atoms with van der Waals surface area (Å²) in [6.45, 7) is 1.49. The molecule has 2 aromatic rings. The Hall–Kier alpha value is -3.15. The average molecular weight is 366 g/mol. The molecule has 2 aromatic carbocycles. The smallest absolute Gasteiger partial charge is 0.335 e. The number of piperidine rings is 1. The molecule has 1 aliphatic heterocycles. The van der Waals surface area contributed by atoms with Crippen molar-refractivity contribution in [3.05, 3.63) is 65.2 Å². The van der Waals surface area contributed by atoms with Crippen molar-refractivity contribution in [1.82, 2.24) is 4.90 Å². The number of amides is 2. The molecule has 6 heteroatoms. The second kappa shape index (κ2) is 8.49. The summed E-state index contributed by atoms with van der Waals surface area (Å²) in [4.78, 5) is 37.9. The van der Waals surface area contributed by atoms with Gasteiger partial charge in [0, 0.05) is 13.1 Å². The van der Waals surface area contributed by atoms with E-state index >= 15 is 0 Å². The highest BCUT2D eigenvalue weighted by Gasteiger charge is 2.21. The molecule has 27 heavy (non-hydrogen) atoms. The number of likely N-dealkylation sites (tertiary alicyclic amines) is 1. The molecule has 0 atom stereocenters. The van der Waals surface area contributed by atoms with Crippen LogP contribution in [0, 0.1) is 0 Å². The maximum atomic E-state index is 12.8. The first-order chi connectivity index (χ1) is 13.0. The Morgan fingerprint density at radius 3 is 2.26 bits per heavy atom. The van der Waals surface area contributed by atoms with Gasteiger partial charge in [-0.2, -0.15) is 0 Å². The third-order valence-electron chi connectivity index (χ3n) is 4.64. The van der Waals surface area contributed by atoms with Gasteiger partial charge in [-0.1, -0.05) is 24.3 Å². The van der Waals surface area contributed by atoms with Gasteiger partial charge in [-0.3, -0.25) is 9.59 Å². The van der Waals surface area contributed by atoms with Gasteiger partial charge in [0.05, 0.1) is 23.2 Å². The predicted molar refractivity (Wildman–Crippen MR) is 102 cm³/mol. The Morgan fingerprint density at radius 1 is 0.926 bits per heavy atom. The largest absolute Gasteiger partial charge is 0.478 e. The van der Waals surface area contributed by atoms with Crippen LogP contribution >= 0.6 is 0 Å². The highest BCUT2D eigenvalue weighted by molar-refractivity contribution is 6.04. The van der Waals surface area contributed by atoms with Crippen molar-refractivity contribution in [1.29, 1.82) is 0 Å². The van der Waals surface area contributed by atoms with Crippen molar-refractivity contribution in [3.63, 3.8) is 0 Å². The quantitative estimate of drug-likeness (QED) is 0.851. The third kappa shape index (κ3) is 4.73. The fourth-order valence-electron chi connectivity index (χ4n) is 3.19. The summed E-state index contributed by atoms with van der Waals surface area (Å²) in [5.41, 5.74) is 1.88. The fourth-order valence-corrected chi connectivity index (χ4v) is 3.19. The first-order valence-corrected chi connectivity index (χ1v) is 9.05. The number of hydrogen-bond donors (Lipinski definition) is 2. The van der Waals surface area contributed by atoms with Crippen LogP contribution in [-0.2, 0) is 11.2 Å². The number of rotatable bonds is 5. The highest BCUT2D eigenvalue weighted by Crippen LogP contribution is 2.20. The molecule has 1 fully saturated rings. The number of carbonyl (C=O) groups is 3. The maximum Gasteiger partial charge on any atom is 0.335 e. The minimum absolute atomic E-state index is 0.0589. The molecule has 0 spiro atoms. The van der Waals surface area contributed by atoms with E-state index in [1.165, 1.54) is 12.1 Å². The van der Waals surface area contributed by atoms with Crippen molar-refractivity contribution < 1.29 is 19.5 Å². The van der Waals surface area contributed by atoms with E-state index in [4.69, 9.17) is 5.11 Å². The van der Waals surface area contributed by atoms with E-state index in [2.05, 4.69) is 5.32 Å². The topological polar surface area (TPSA) is 86.7 Å². The van der Waals surface area contributed by atoms with Gasteiger partial charge in [0.2, 0.25) is 5.91 Å². The lowest BCUT2D eigenvalue weighted by Crippen LogP contribution is -2.36. The average Bonchev–Trinajstić information content (AvgIpc) is 2.69. The van der Waals surface area contributed by atoms with Crippen LogP contribution in [0.3, 0.4) is 0 Å². The molecular weight excluding hydrogens is 344 g/mol. The van der Waals surface area contributed by atoms with Crippen LogP contribution < -0.4 is 5.32 Å². The second-order valence-corrected chi connectivity index (χ2v) is 6.63. The molecule has 1 heterocycles. The Morgan fingerprint density at radius 2 is 1.59 bits per heavy atom. The molecular formula is C21H22N2O4. The number of carbonyl (C=O) groups excluding carboxylic acids is 2. The zero-order chi connectivity index (χ0) is 19.2. The molecule has 6 nitrogen and oxygen atoms in total. The summed E-state index contributed by atoms with van der Waals surface area (Å²) in [7, 11) is 0. The van der Waals surface area contributed by atoms with E-state index in [0.717, 1.165) is 32.4 Å². The Labute approximate surface area is 157 Å². The van der Waals surface area contributed by atoms with Gasteiger partial charge in [0.25, 0.3) is 5.91 Å². The van der Waals surface area contributed by atoms with Crippen LogP contribution in [0.5, 0.6) is 0 Å². The second-order valence-electron chi connectivity index (χ2n) is 6.63. The van der Waals surface area contributed by atoms with E-state index in [9.17, 15) is 14.4 Å². The standard InChI is InChI=1S/C21H22N2O4/c24-19(14-15-8-10-16(11-9-15)21(26)27)22-18-7-3-2-6-17(18)20(25)23-12-4-1-5-13-23/h2-3,6-11H,1,4-5,12-14H2,(H,22,24)(H,26,27). The number of carboxylic acid groups (broad SMARTS) is 1. The highest BCUT2D eigenvalue weighted by atomic mass is 16.4. The monoisotopic (exact) mass is 366 g/mol. The van der Waals surface area contributed by atoms with Crippen LogP contribution in [0.15, 0.2) is 48.5 Å². The first-order valence-electron chi connectivity index (χ1n) is 9.05. The van der Waals surface area contributed by atoms with Gasteiger partial charge in [-0.05, 0) is 49.1 Å². The molecule has 1 saturated heterocycles. The molecule has 0 saturated carbocycles. The van der Waals surface area contributed by atoms with Crippen LogP contribution in [0.4, 0.5) is 5.69 Å². The molecule has 0 aliphatic carbocycles. The summed E-state index contributed by atoms with van der Waals surface area (Å²) in [5.74, 6) is -1.32. The van der Waals surface area contributed by atoms with E-state index in [1.54, 1.807) is 36.4 Å². The van der Waals surface area contributed by atoms with Crippen molar-refractivity contribution >= 4 is 23.5 Å². The number of hydrogen-bond acceptors (Lipinski definition) is 3. The minimum Gasteiger partial charge on any atom is -0.478 e. The molecule has 0 radical (unpaired) electrons. The van der Waals surface area contributed by atoms with E-state index in [1.807, 2.05) is 4.90 Å². The molecule has 3 rings (SSSR count). The van der Waals surface area contributed by atoms with Crippen molar-refractivity contribution in [2.45, 2.75) is 25.7 Å². The normalized spacial score (nSPS) is 13.9. The summed E-state index contributed by atoms with van der Waals surface area (Å²) in [6, 6.07) is 13.2.